The molecule has 0 aliphatic rings. The first-order chi connectivity index (χ1) is 8.48. The number of nitrogens with two attached hydrogens (primary N) is 1. The molecule has 18 heavy (non-hydrogen) atoms. The Kier molecular flexibility index (Phi) is 4.56. The second-order valence-electron chi connectivity index (χ2n) is 3.71. The van der Waals surface area contributed by atoms with E-state index in [4.69, 9.17) is 15.6 Å². The topological polar surface area (TPSA) is 107 Å². The van der Waals surface area contributed by atoms with E-state index in [1.165, 1.54) is 6.29 Å². The quantitative estimate of drug-likeness (QED) is 0.544. The smallest absolute Gasteiger partial charge is 0.335 e. The van der Waals surface area contributed by atoms with Gasteiger partial charge in [0.1, 0.15) is 6.61 Å². The Labute approximate surface area is 103 Å². The predicted molar refractivity (Wildman–Crippen MR) is 61.1 cm³/mol. The van der Waals surface area contributed by atoms with Crippen molar-refractivity contribution < 1.29 is 24.2 Å². The molecule has 0 aliphatic carbocycles. The van der Waals surface area contributed by atoms with Crippen molar-refractivity contribution in [3.8, 4) is 0 Å². The van der Waals surface area contributed by atoms with Crippen LogP contribution in [-0.4, -0.2) is 28.9 Å². The van der Waals surface area contributed by atoms with Gasteiger partial charge in [-0.15, -0.1) is 0 Å². The molecule has 1 radical (unpaired) electrons. The summed E-state index contributed by atoms with van der Waals surface area (Å²) in [5.41, 5.74) is 3.77. The molecule has 95 valence electrons. The van der Waals surface area contributed by atoms with E-state index >= 15 is 0 Å². The Morgan fingerprint density at radius 3 is 2.44 bits per heavy atom. The Morgan fingerprint density at radius 1 is 1.33 bits per heavy atom. The van der Waals surface area contributed by atoms with E-state index in [0.717, 1.165) is 0 Å². The van der Waals surface area contributed by atoms with Crippen molar-refractivity contribution in [2.24, 2.45) is 5.73 Å². The molecule has 1 rings (SSSR count). The van der Waals surface area contributed by atoms with Gasteiger partial charge in [-0.05, 0) is 5.56 Å². The molecular formula is C12H12NO5. The number of rotatable bonds is 6. The van der Waals surface area contributed by atoms with E-state index in [-0.39, 0.29) is 6.61 Å². The van der Waals surface area contributed by atoms with Crippen LogP contribution in [0.2, 0.25) is 0 Å². The van der Waals surface area contributed by atoms with Gasteiger partial charge in [0, 0.05) is 0 Å². The third-order valence-corrected chi connectivity index (χ3v) is 2.19. The summed E-state index contributed by atoms with van der Waals surface area (Å²) in [6.45, 7) is -0.0834. The Balaban J connectivity index is 2.63. The standard InChI is InChI=1S/C12H12NO5/c13-12(8-14,6-10(15)16)11(17)18-7-9-4-2-1-3-5-9/h1-5H,6-7,13H2,(H,15,16)/t12-/m0/s1. The van der Waals surface area contributed by atoms with Gasteiger partial charge in [0.15, 0.2) is 5.54 Å². The van der Waals surface area contributed by atoms with Gasteiger partial charge in [0.25, 0.3) is 0 Å². The summed E-state index contributed by atoms with van der Waals surface area (Å²) in [5.74, 6) is -2.48. The van der Waals surface area contributed by atoms with Gasteiger partial charge < -0.3 is 15.6 Å². The highest BCUT2D eigenvalue weighted by Crippen LogP contribution is 2.09. The molecule has 0 saturated heterocycles. The second-order valence-corrected chi connectivity index (χ2v) is 3.71. The zero-order chi connectivity index (χ0) is 13.6. The summed E-state index contributed by atoms with van der Waals surface area (Å²) >= 11 is 0. The molecule has 3 N–H and O–H groups in total. The molecule has 0 aromatic heterocycles. The molecule has 0 saturated carbocycles. The monoisotopic (exact) mass is 250 g/mol. The maximum atomic E-state index is 11.5. The van der Waals surface area contributed by atoms with Crippen LogP contribution in [0.15, 0.2) is 30.3 Å². The number of aliphatic carboxylic acids is 1. The summed E-state index contributed by atoms with van der Waals surface area (Å²) in [6.07, 6.45) is 0.361. The lowest BCUT2D eigenvalue weighted by Gasteiger charge is -2.17. The fourth-order valence-corrected chi connectivity index (χ4v) is 1.24. The molecule has 0 heterocycles. The number of ether oxygens (including phenoxy) is 1. The normalized spacial score (nSPS) is 13.4. The van der Waals surface area contributed by atoms with E-state index in [1.807, 2.05) is 0 Å². The number of carboxylic acid groups (broad SMARTS) is 1. The molecular weight excluding hydrogens is 238 g/mol. The van der Waals surface area contributed by atoms with E-state index < -0.39 is 23.9 Å². The molecule has 0 spiro atoms. The van der Waals surface area contributed by atoms with Gasteiger partial charge in [-0.1, -0.05) is 30.3 Å². The Hall–Kier alpha value is -2.21. The van der Waals surface area contributed by atoms with Crippen LogP contribution >= 0.6 is 0 Å². The van der Waals surface area contributed by atoms with Crippen molar-refractivity contribution >= 4 is 18.2 Å². The van der Waals surface area contributed by atoms with Crippen LogP contribution in [0.4, 0.5) is 0 Å². The first-order valence-electron chi connectivity index (χ1n) is 5.09. The highest BCUT2D eigenvalue weighted by Gasteiger charge is 2.39. The van der Waals surface area contributed by atoms with E-state index in [0.29, 0.717) is 5.56 Å². The third-order valence-electron chi connectivity index (χ3n) is 2.19. The lowest BCUT2D eigenvalue weighted by Crippen LogP contribution is -2.52. The summed E-state index contributed by atoms with van der Waals surface area (Å²) < 4.78 is 4.80. The molecule has 1 aromatic carbocycles. The van der Waals surface area contributed by atoms with Crippen LogP contribution in [0.3, 0.4) is 0 Å². The largest absolute Gasteiger partial charge is 0.481 e. The van der Waals surface area contributed by atoms with Crippen LogP contribution in [0.5, 0.6) is 0 Å². The number of hydrogen-bond acceptors (Lipinski definition) is 5. The van der Waals surface area contributed by atoms with Crippen LogP contribution in [0.25, 0.3) is 0 Å². The van der Waals surface area contributed by atoms with Crippen LogP contribution < -0.4 is 5.73 Å². The van der Waals surface area contributed by atoms with Crippen LogP contribution in [-0.2, 0) is 25.7 Å². The van der Waals surface area contributed by atoms with Gasteiger partial charge in [-0.25, -0.2) is 4.79 Å². The second kappa shape index (κ2) is 5.92. The zero-order valence-electron chi connectivity index (χ0n) is 9.46. The number of benzene rings is 1. The highest BCUT2D eigenvalue weighted by atomic mass is 16.5. The number of carbonyl (C=O) groups is 2. The Bertz CT molecular complexity index is 445. The van der Waals surface area contributed by atoms with Gasteiger partial charge in [0.2, 0.25) is 6.29 Å². The number of hydrogen-bond donors (Lipinski definition) is 2. The van der Waals surface area contributed by atoms with E-state index in [1.54, 1.807) is 30.3 Å². The van der Waals surface area contributed by atoms with Crippen molar-refractivity contribution in [1.29, 1.82) is 0 Å². The molecule has 0 unspecified atom stereocenters. The third kappa shape index (κ3) is 3.67. The first kappa shape index (κ1) is 13.9. The Morgan fingerprint density at radius 2 is 1.94 bits per heavy atom. The fourth-order valence-electron chi connectivity index (χ4n) is 1.24. The molecule has 6 nitrogen and oxygen atoms in total. The molecule has 1 aromatic rings. The van der Waals surface area contributed by atoms with Gasteiger partial charge in [-0.3, -0.25) is 9.59 Å². The number of esters is 1. The number of carbonyl (C=O) groups excluding carboxylic acids is 2. The molecule has 0 fully saturated rings. The average Bonchev–Trinajstić information content (AvgIpc) is 2.36. The number of carboxylic acids is 1. The summed E-state index contributed by atoms with van der Waals surface area (Å²) in [4.78, 5) is 32.6. The van der Waals surface area contributed by atoms with Crippen molar-refractivity contribution in [3.05, 3.63) is 35.9 Å². The molecule has 6 heteroatoms. The maximum Gasteiger partial charge on any atom is 0.335 e. The molecule has 0 bridgehead atoms. The lowest BCUT2D eigenvalue weighted by atomic mass is 9.99. The lowest BCUT2D eigenvalue weighted by molar-refractivity contribution is -0.152. The minimum atomic E-state index is -2.26. The van der Waals surface area contributed by atoms with Gasteiger partial charge in [0.05, 0.1) is 6.42 Å². The average molecular weight is 250 g/mol. The summed E-state index contributed by atoms with van der Waals surface area (Å²) in [5, 5.41) is 8.55. The minimum absolute atomic E-state index is 0.0834. The molecule has 0 aliphatic heterocycles. The van der Waals surface area contributed by atoms with Crippen LogP contribution in [0.1, 0.15) is 12.0 Å². The highest BCUT2D eigenvalue weighted by molar-refractivity contribution is 6.01. The maximum absolute atomic E-state index is 11.5. The van der Waals surface area contributed by atoms with Gasteiger partial charge in [-0.2, -0.15) is 0 Å². The summed E-state index contributed by atoms with van der Waals surface area (Å²) in [6, 6.07) is 8.73. The molecule has 0 amide bonds. The SMILES string of the molecule is N[C@]([C]=O)(CC(=O)O)C(=O)OCc1ccccc1. The van der Waals surface area contributed by atoms with E-state index in [9.17, 15) is 14.4 Å². The van der Waals surface area contributed by atoms with Gasteiger partial charge >= 0.3 is 11.9 Å². The van der Waals surface area contributed by atoms with Crippen molar-refractivity contribution in [3.63, 3.8) is 0 Å². The van der Waals surface area contributed by atoms with E-state index in [2.05, 4.69) is 0 Å². The minimum Gasteiger partial charge on any atom is -0.481 e. The van der Waals surface area contributed by atoms with Crippen molar-refractivity contribution in [2.75, 3.05) is 0 Å². The fraction of sp³-hybridized carbons (Fsp3) is 0.250. The molecule has 1 atom stereocenters. The predicted octanol–water partition coefficient (Wildman–Crippen LogP) is 0.0117. The first-order valence-corrected chi connectivity index (χ1v) is 5.09. The summed E-state index contributed by atoms with van der Waals surface area (Å²) in [7, 11) is 0. The van der Waals surface area contributed by atoms with Crippen LogP contribution in [0, 0.1) is 0 Å². The zero-order valence-corrected chi connectivity index (χ0v) is 9.46. The van der Waals surface area contributed by atoms with Crippen molar-refractivity contribution in [2.45, 2.75) is 18.6 Å². The van der Waals surface area contributed by atoms with Crippen molar-refractivity contribution in [1.82, 2.24) is 0 Å².